The lowest BCUT2D eigenvalue weighted by atomic mass is 10.1. The Labute approximate surface area is 121 Å². The zero-order chi connectivity index (χ0) is 15.1. The molecule has 1 aromatic rings. The van der Waals surface area contributed by atoms with Crippen molar-refractivity contribution < 1.29 is 14.9 Å². The Balaban J connectivity index is 2.66. The topological polar surface area (TPSA) is 61.7 Å². The van der Waals surface area contributed by atoms with Crippen LogP contribution in [0.3, 0.4) is 0 Å². The van der Waals surface area contributed by atoms with Gasteiger partial charge in [-0.2, -0.15) is 0 Å². The molecule has 1 atom stereocenters. The Bertz CT molecular complexity index is 395. The fraction of sp³-hybridized carbons (Fsp3) is 0.625. The molecule has 0 spiro atoms. The van der Waals surface area contributed by atoms with Gasteiger partial charge >= 0.3 is 0 Å². The molecule has 1 rings (SSSR count). The molecule has 0 heterocycles. The molecule has 0 radical (unpaired) electrons. The van der Waals surface area contributed by atoms with Crippen LogP contribution in [0.15, 0.2) is 12.1 Å². The summed E-state index contributed by atoms with van der Waals surface area (Å²) < 4.78 is 5.59. The second-order valence-corrected chi connectivity index (χ2v) is 5.73. The molecule has 1 aromatic carbocycles. The second-order valence-electron chi connectivity index (χ2n) is 5.73. The highest BCUT2D eigenvalue weighted by atomic mass is 16.5. The van der Waals surface area contributed by atoms with Crippen LogP contribution in [-0.2, 0) is 6.54 Å². The van der Waals surface area contributed by atoms with Crippen LogP contribution in [0.25, 0.3) is 0 Å². The first-order valence-electron chi connectivity index (χ1n) is 7.16. The number of aryl methyl sites for hydroxylation is 2. The molecule has 114 valence electrons. The van der Waals surface area contributed by atoms with Crippen LogP contribution in [0.4, 0.5) is 0 Å². The van der Waals surface area contributed by atoms with Crippen molar-refractivity contribution in [3.05, 3.63) is 28.8 Å². The minimum absolute atomic E-state index is 0.114. The highest BCUT2D eigenvalue weighted by molar-refractivity contribution is 5.43. The molecule has 3 N–H and O–H groups in total. The molecule has 0 bridgehead atoms. The van der Waals surface area contributed by atoms with Gasteiger partial charge in [0.2, 0.25) is 0 Å². The molecule has 0 saturated heterocycles. The summed E-state index contributed by atoms with van der Waals surface area (Å²) in [6.45, 7) is 10.1. The number of nitrogens with one attached hydrogen (secondary N) is 1. The summed E-state index contributed by atoms with van der Waals surface area (Å²) in [4.78, 5) is 0. The average Bonchev–Trinajstić information content (AvgIpc) is 2.37. The first-order chi connectivity index (χ1) is 9.43. The fourth-order valence-corrected chi connectivity index (χ4v) is 2.11. The van der Waals surface area contributed by atoms with Crippen LogP contribution >= 0.6 is 0 Å². The van der Waals surface area contributed by atoms with E-state index in [9.17, 15) is 5.11 Å². The summed E-state index contributed by atoms with van der Waals surface area (Å²) in [6, 6.07) is 4.20. The maximum Gasteiger partial charge on any atom is 0.125 e. The third-order valence-corrected chi connectivity index (χ3v) is 3.03. The SMILES string of the molecule is Cc1cc(CNCC(C)C)cc(C)c1OCC(O)CO. The van der Waals surface area contributed by atoms with E-state index in [4.69, 9.17) is 9.84 Å². The number of aliphatic hydroxyl groups is 2. The van der Waals surface area contributed by atoms with Crippen molar-refractivity contribution in [2.45, 2.75) is 40.3 Å². The van der Waals surface area contributed by atoms with E-state index in [0.29, 0.717) is 5.92 Å². The lowest BCUT2D eigenvalue weighted by Crippen LogP contribution is -2.22. The molecule has 0 aromatic heterocycles. The number of hydrogen-bond donors (Lipinski definition) is 3. The van der Waals surface area contributed by atoms with Crippen molar-refractivity contribution in [1.29, 1.82) is 0 Å². The van der Waals surface area contributed by atoms with Crippen molar-refractivity contribution in [2.24, 2.45) is 5.92 Å². The van der Waals surface area contributed by atoms with Crippen LogP contribution in [0.5, 0.6) is 5.75 Å². The van der Waals surface area contributed by atoms with Crippen LogP contribution in [0.2, 0.25) is 0 Å². The summed E-state index contributed by atoms with van der Waals surface area (Å²) in [5, 5.41) is 21.6. The summed E-state index contributed by atoms with van der Waals surface area (Å²) in [7, 11) is 0. The van der Waals surface area contributed by atoms with Crippen molar-refractivity contribution in [2.75, 3.05) is 19.8 Å². The molecule has 0 aliphatic heterocycles. The number of benzene rings is 1. The number of ether oxygens (including phenoxy) is 1. The van der Waals surface area contributed by atoms with Gasteiger partial charge in [-0.05, 0) is 43.0 Å². The molecule has 0 aliphatic rings. The third-order valence-electron chi connectivity index (χ3n) is 3.03. The molecule has 4 nitrogen and oxygen atoms in total. The molecule has 1 unspecified atom stereocenters. The molecule has 20 heavy (non-hydrogen) atoms. The van der Waals surface area contributed by atoms with Gasteiger partial charge in [-0.3, -0.25) is 0 Å². The van der Waals surface area contributed by atoms with Crippen molar-refractivity contribution in [3.8, 4) is 5.75 Å². The van der Waals surface area contributed by atoms with E-state index in [1.807, 2.05) is 13.8 Å². The highest BCUT2D eigenvalue weighted by Crippen LogP contribution is 2.25. The normalized spacial score (nSPS) is 12.8. The first-order valence-corrected chi connectivity index (χ1v) is 7.16. The van der Waals surface area contributed by atoms with Gasteiger partial charge in [0.15, 0.2) is 0 Å². The Morgan fingerprint density at radius 1 is 1.20 bits per heavy atom. The number of rotatable bonds is 8. The first kappa shape index (κ1) is 17.0. The molecular weight excluding hydrogens is 254 g/mol. The predicted octanol–water partition coefficient (Wildman–Crippen LogP) is 1.78. The molecule has 0 amide bonds. The van der Waals surface area contributed by atoms with Crippen molar-refractivity contribution >= 4 is 0 Å². The molecule has 4 heteroatoms. The lowest BCUT2D eigenvalue weighted by Gasteiger charge is -2.16. The van der Waals surface area contributed by atoms with E-state index < -0.39 is 6.10 Å². The maximum absolute atomic E-state index is 9.34. The van der Waals surface area contributed by atoms with Gasteiger partial charge in [0.25, 0.3) is 0 Å². The largest absolute Gasteiger partial charge is 0.490 e. The van der Waals surface area contributed by atoms with Gasteiger partial charge in [-0.15, -0.1) is 0 Å². The predicted molar refractivity (Wildman–Crippen MR) is 81.0 cm³/mol. The Morgan fingerprint density at radius 3 is 2.30 bits per heavy atom. The zero-order valence-electron chi connectivity index (χ0n) is 12.9. The quantitative estimate of drug-likeness (QED) is 0.680. The highest BCUT2D eigenvalue weighted by Gasteiger charge is 2.09. The van der Waals surface area contributed by atoms with Gasteiger partial charge in [0.1, 0.15) is 18.5 Å². The van der Waals surface area contributed by atoms with Gasteiger partial charge in [-0.25, -0.2) is 0 Å². The summed E-state index contributed by atoms with van der Waals surface area (Å²) in [6.07, 6.45) is -0.832. The minimum Gasteiger partial charge on any atom is -0.490 e. The molecular formula is C16H27NO3. The van der Waals surface area contributed by atoms with E-state index in [1.165, 1.54) is 5.56 Å². The Morgan fingerprint density at radius 2 is 1.80 bits per heavy atom. The maximum atomic E-state index is 9.34. The fourth-order valence-electron chi connectivity index (χ4n) is 2.11. The van der Waals surface area contributed by atoms with E-state index in [-0.39, 0.29) is 13.2 Å². The van der Waals surface area contributed by atoms with Gasteiger partial charge in [0.05, 0.1) is 6.61 Å². The van der Waals surface area contributed by atoms with E-state index in [1.54, 1.807) is 0 Å². The van der Waals surface area contributed by atoms with Crippen LogP contribution in [-0.4, -0.2) is 36.1 Å². The monoisotopic (exact) mass is 281 g/mol. The van der Waals surface area contributed by atoms with Gasteiger partial charge in [-0.1, -0.05) is 26.0 Å². The third kappa shape index (κ3) is 5.49. The molecule has 0 fully saturated rings. The van der Waals surface area contributed by atoms with Crippen LogP contribution in [0.1, 0.15) is 30.5 Å². The van der Waals surface area contributed by atoms with E-state index in [0.717, 1.165) is 30.0 Å². The Hall–Kier alpha value is -1.10. The Kier molecular flexibility index (Phi) is 6.99. The summed E-state index contributed by atoms with van der Waals surface area (Å²) >= 11 is 0. The second kappa shape index (κ2) is 8.25. The summed E-state index contributed by atoms with van der Waals surface area (Å²) in [5.74, 6) is 1.44. The van der Waals surface area contributed by atoms with Crippen LogP contribution < -0.4 is 10.1 Å². The van der Waals surface area contributed by atoms with Crippen LogP contribution in [0, 0.1) is 19.8 Å². The van der Waals surface area contributed by atoms with E-state index in [2.05, 4.69) is 31.3 Å². The van der Waals surface area contributed by atoms with Crippen molar-refractivity contribution in [1.82, 2.24) is 5.32 Å². The number of hydrogen-bond acceptors (Lipinski definition) is 4. The van der Waals surface area contributed by atoms with E-state index >= 15 is 0 Å². The van der Waals surface area contributed by atoms with Gasteiger partial charge < -0.3 is 20.3 Å². The lowest BCUT2D eigenvalue weighted by molar-refractivity contribution is 0.0531. The molecule has 0 aliphatic carbocycles. The molecule has 0 saturated carbocycles. The standard InChI is InChI=1S/C16H27NO3/c1-11(2)7-17-8-14-5-12(3)16(13(4)6-14)20-10-15(19)9-18/h5-6,11,15,17-19H,7-10H2,1-4H3. The van der Waals surface area contributed by atoms with Gasteiger partial charge in [0, 0.05) is 6.54 Å². The van der Waals surface area contributed by atoms with Crippen molar-refractivity contribution in [3.63, 3.8) is 0 Å². The number of aliphatic hydroxyl groups excluding tert-OH is 2. The zero-order valence-corrected chi connectivity index (χ0v) is 12.9. The average molecular weight is 281 g/mol. The summed E-state index contributed by atoms with van der Waals surface area (Å²) in [5.41, 5.74) is 3.34. The smallest absolute Gasteiger partial charge is 0.125 e. The minimum atomic E-state index is -0.832.